The molecule has 34 heavy (non-hydrogen) atoms. The summed E-state index contributed by atoms with van der Waals surface area (Å²) >= 11 is 6.17. The van der Waals surface area contributed by atoms with Crippen molar-refractivity contribution in [3.63, 3.8) is 0 Å². The van der Waals surface area contributed by atoms with E-state index in [0.717, 1.165) is 33.5 Å². The Hall–Kier alpha value is -3.30. The Morgan fingerprint density at radius 3 is 2.32 bits per heavy atom. The Labute approximate surface area is 205 Å². The number of fused-ring (bicyclic) bond motifs is 2. The summed E-state index contributed by atoms with van der Waals surface area (Å²) < 4.78 is 5.98. The van der Waals surface area contributed by atoms with E-state index in [9.17, 15) is 4.79 Å². The minimum absolute atomic E-state index is 0.0201. The number of anilines is 1. The van der Waals surface area contributed by atoms with Crippen LogP contribution in [-0.2, 0) is 10.2 Å². The molecule has 1 heterocycles. The molecule has 1 atom stereocenters. The van der Waals surface area contributed by atoms with Gasteiger partial charge in [0, 0.05) is 21.7 Å². The van der Waals surface area contributed by atoms with E-state index in [0.29, 0.717) is 5.75 Å². The molecule has 0 N–H and O–H groups in total. The summed E-state index contributed by atoms with van der Waals surface area (Å²) in [5, 5.41) is 2.96. The van der Waals surface area contributed by atoms with Crippen molar-refractivity contribution >= 4 is 34.0 Å². The standard InChI is InChI=1S/C30H28ClNO2/c1-29(2)20-30(3,23-13-15-24(31)16-14-23)26-10-6-7-11-27(26)32(29)28(33)19-34-25-17-12-21-8-4-5-9-22(21)18-25/h4-18H,19-20H2,1-3H3/t30-/m0/s1. The van der Waals surface area contributed by atoms with Crippen LogP contribution in [0.1, 0.15) is 38.3 Å². The molecule has 0 saturated heterocycles. The topological polar surface area (TPSA) is 29.5 Å². The molecule has 0 fully saturated rings. The number of nitrogens with zero attached hydrogens (tertiary/aromatic N) is 1. The molecule has 0 unspecified atom stereocenters. The normalized spacial score (nSPS) is 19.0. The lowest BCUT2D eigenvalue weighted by Gasteiger charge is -2.51. The molecule has 1 aliphatic rings. The Bertz CT molecular complexity index is 1360. The van der Waals surface area contributed by atoms with Gasteiger partial charge in [0.1, 0.15) is 5.75 Å². The van der Waals surface area contributed by atoms with Crippen LogP contribution in [0.2, 0.25) is 5.02 Å². The zero-order valence-electron chi connectivity index (χ0n) is 19.7. The highest BCUT2D eigenvalue weighted by molar-refractivity contribution is 6.30. The Kier molecular flexibility index (Phi) is 5.61. The molecule has 0 bridgehead atoms. The van der Waals surface area contributed by atoms with Gasteiger partial charge in [0.2, 0.25) is 0 Å². The lowest BCUT2D eigenvalue weighted by atomic mass is 9.65. The van der Waals surface area contributed by atoms with E-state index in [4.69, 9.17) is 16.3 Å². The van der Waals surface area contributed by atoms with E-state index < -0.39 is 5.54 Å². The molecule has 0 radical (unpaired) electrons. The van der Waals surface area contributed by atoms with Crippen molar-refractivity contribution in [2.75, 3.05) is 11.5 Å². The quantitative estimate of drug-likeness (QED) is 0.311. The third-order valence-corrected chi connectivity index (χ3v) is 7.20. The highest BCUT2D eigenvalue weighted by atomic mass is 35.5. The fourth-order valence-corrected chi connectivity index (χ4v) is 5.64. The lowest BCUT2D eigenvalue weighted by molar-refractivity contribution is -0.121. The Balaban J connectivity index is 1.46. The van der Waals surface area contributed by atoms with E-state index in [1.165, 1.54) is 5.56 Å². The van der Waals surface area contributed by atoms with Crippen LogP contribution in [0.4, 0.5) is 5.69 Å². The summed E-state index contributed by atoms with van der Waals surface area (Å²) in [6, 6.07) is 30.3. The van der Waals surface area contributed by atoms with Crippen molar-refractivity contribution in [2.45, 2.75) is 38.1 Å². The predicted molar refractivity (Wildman–Crippen MR) is 140 cm³/mol. The van der Waals surface area contributed by atoms with Crippen LogP contribution >= 0.6 is 11.6 Å². The molecular weight excluding hydrogens is 442 g/mol. The van der Waals surface area contributed by atoms with Gasteiger partial charge in [-0.1, -0.05) is 79.2 Å². The van der Waals surface area contributed by atoms with Gasteiger partial charge < -0.3 is 9.64 Å². The number of carbonyl (C=O) groups excluding carboxylic acids is 1. The highest BCUT2D eigenvalue weighted by Crippen LogP contribution is 2.50. The van der Waals surface area contributed by atoms with Crippen molar-refractivity contribution < 1.29 is 9.53 Å². The monoisotopic (exact) mass is 469 g/mol. The van der Waals surface area contributed by atoms with Gasteiger partial charge in [-0.15, -0.1) is 0 Å². The van der Waals surface area contributed by atoms with Gasteiger partial charge in [0.25, 0.3) is 5.91 Å². The Morgan fingerprint density at radius 1 is 0.882 bits per heavy atom. The van der Waals surface area contributed by atoms with Crippen LogP contribution in [-0.4, -0.2) is 18.1 Å². The van der Waals surface area contributed by atoms with Gasteiger partial charge >= 0.3 is 0 Å². The van der Waals surface area contributed by atoms with Crippen LogP contribution < -0.4 is 9.64 Å². The molecular formula is C30H28ClNO2. The zero-order chi connectivity index (χ0) is 23.9. The Morgan fingerprint density at radius 2 is 1.56 bits per heavy atom. The summed E-state index contributed by atoms with van der Waals surface area (Å²) in [6.45, 7) is 6.49. The number of hydrogen-bond donors (Lipinski definition) is 0. The van der Waals surface area contributed by atoms with E-state index in [2.05, 4.69) is 45.0 Å². The summed E-state index contributed by atoms with van der Waals surface area (Å²) in [5.74, 6) is 0.643. The molecule has 0 saturated carbocycles. The average Bonchev–Trinajstić information content (AvgIpc) is 2.82. The molecule has 5 rings (SSSR count). The molecule has 0 aromatic heterocycles. The van der Waals surface area contributed by atoms with Gasteiger partial charge in [-0.3, -0.25) is 4.79 Å². The second kappa shape index (κ2) is 8.48. The maximum atomic E-state index is 13.6. The molecule has 1 amide bonds. The number of carbonyl (C=O) groups is 1. The number of rotatable bonds is 4. The SMILES string of the molecule is CC1(C)C[C@@](C)(c2ccc(Cl)cc2)c2ccccc2N1C(=O)COc1ccc2ccccc2c1. The third-order valence-electron chi connectivity index (χ3n) is 6.94. The molecule has 1 aliphatic heterocycles. The molecule has 172 valence electrons. The minimum Gasteiger partial charge on any atom is -0.484 e. The number of ether oxygens (including phenoxy) is 1. The van der Waals surface area contributed by atoms with Crippen molar-refractivity contribution in [1.82, 2.24) is 0 Å². The average molecular weight is 470 g/mol. The zero-order valence-corrected chi connectivity index (χ0v) is 20.5. The van der Waals surface area contributed by atoms with Crippen LogP contribution in [0, 0.1) is 0 Å². The first-order valence-corrected chi connectivity index (χ1v) is 12.0. The molecule has 4 heteroatoms. The van der Waals surface area contributed by atoms with E-state index in [1.54, 1.807) is 0 Å². The summed E-state index contributed by atoms with van der Waals surface area (Å²) in [7, 11) is 0. The molecule has 4 aromatic rings. The highest BCUT2D eigenvalue weighted by Gasteiger charge is 2.47. The minimum atomic E-state index is -0.410. The van der Waals surface area contributed by atoms with E-state index in [1.807, 2.05) is 71.6 Å². The summed E-state index contributed by atoms with van der Waals surface area (Å²) in [5.41, 5.74) is 2.60. The number of halogens is 1. The van der Waals surface area contributed by atoms with E-state index >= 15 is 0 Å². The van der Waals surface area contributed by atoms with Gasteiger partial charge in [-0.2, -0.15) is 0 Å². The van der Waals surface area contributed by atoms with Crippen LogP contribution in [0.5, 0.6) is 5.75 Å². The maximum absolute atomic E-state index is 13.6. The van der Waals surface area contributed by atoms with Gasteiger partial charge in [-0.25, -0.2) is 0 Å². The summed E-state index contributed by atoms with van der Waals surface area (Å²) in [6.07, 6.45) is 0.778. The molecule has 4 aromatic carbocycles. The lowest BCUT2D eigenvalue weighted by Crippen LogP contribution is -2.57. The first-order valence-electron chi connectivity index (χ1n) is 11.6. The smallest absolute Gasteiger partial charge is 0.265 e. The number of hydrogen-bond acceptors (Lipinski definition) is 2. The second-order valence-corrected chi connectivity index (χ2v) is 10.3. The van der Waals surface area contributed by atoms with Gasteiger partial charge in [0.15, 0.2) is 6.61 Å². The first-order chi connectivity index (χ1) is 16.3. The van der Waals surface area contributed by atoms with Crippen molar-refractivity contribution in [3.8, 4) is 5.75 Å². The van der Waals surface area contributed by atoms with Crippen molar-refractivity contribution in [2.24, 2.45) is 0 Å². The van der Waals surface area contributed by atoms with Crippen LogP contribution in [0.15, 0.2) is 91.0 Å². The molecule has 0 aliphatic carbocycles. The second-order valence-electron chi connectivity index (χ2n) is 9.87. The first kappa shape index (κ1) is 22.5. The maximum Gasteiger partial charge on any atom is 0.265 e. The summed E-state index contributed by atoms with van der Waals surface area (Å²) in [4.78, 5) is 15.5. The molecule has 0 spiro atoms. The van der Waals surface area contributed by atoms with Gasteiger partial charge in [-0.05, 0) is 72.5 Å². The van der Waals surface area contributed by atoms with Gasteiger partial charge in [0.05, 0.1) is 0 Å². The van der Waals surface area contributed by atoms with E-state index in [-0.39, 0.29) is 17.9 Å². The van der Waals surface area contributed by atoms with Crippen molar-refractivity contribution in [1.29, 1.82) is 0 Å². The fraction of sp³-hybridized carbons (Fsp3) is 0.233. The largest absolute Gasteiger partial charge is 0.484 e. The number of benzene rings is 4. The molecule has 3 nitrogen and oxygen atoms in total. The fourth-order valence-electron chi connectivity index (χ4n) is 5.51. The number of para-hydroxylation sites is 1. The van der Waals surface area contributed by atoms with Crippen molar-refractivity contribution in [3.05, 3.63) is 107 Å². The number of amides is 1. The predicted octanol–water partition coefficient (Wildman–Crippen LogP) is 7.39. The van der Waals surface area contributed by atoms with Crippen LogP contribution in [0.3, 0.4) is 0 Å². The third kappa shape index (κ3) is 3.95. The van der Waals surface area contributed by atoms with Crippen LogP contribution in [0.25, 0.3) is 10.8 Å².